The summed E-state index contributed by atoms with van der Waals surface area (Å²) >= 11 is -2.40. The second-order valence-corrected chi connectivity index (χ2v) is 9.15. The number of carboxylic acid groups (broad SMARTS) is 1. The molecule has 0 aliphatic heterocycles. The first kappa shape index (κ1) is 31.0. The molecule has 34 heavy (non-hydrogen) atoms. The van der Waals surface area contributed by atoms with Crippen LogP contribution >= 0.6 is 0 Å². The van der Waals surface area contributed by atoms with E-state index in [-0.39, 0.29) is 43.9 Å². The molecular weight excluding hydrogens is 468 g/mol. The Hall–Kier alpha value is -2.96. The van der Waals surface area contributed by atoms with Crippen LogP contribution in [0.3, 0.4) is 0 Å². The zero-order valence-corrected chi connectivity index (χ0v) is 20.5. The van der Waals surface area contributed by atoms with Gasteiger partial charge in [-0.2, -0.15) is 9.59 Å². The van der Waals surface area contributed by atoms with Gasteiger partial charge in [0.05, 0.1) is 19.6 Å². The van der Waals surface area contributed by atoms with Crippen LogP contribution in [0.1, 0.15) is 26.3 Å². The molecule has 190 valence electrons. The predicted octanol–water partition coefficient (Wildman–Crippen LogP) is -0.346. The van der Waals surface area contributed by atoms with Gasteiger partial charge in [0.25, 0.3) is 0 Å². The van der Waals surface area contributed by atoms with Crippen molar-refractivity contribution < 1.29 is 37.8 Å². The summed E-state index contributed by atoms with van der Waals surface area (Å²) in [5, 5.41) is 11.9. The molecule has 1 atom stereocenters. The van der Waals surface area contributed by atoms with Crippen LogP contribution in [0, 0.1) is 0 Å². The molecule has 0 fully saturated rings. The Labute approximate surface area is 201 Å². The number of benzene rings is 1. The van der Waals surface area contributed by atoms with Crippen molar-refractivity contribution in [1.29, 1.82) is 0 Å². The molecule has 1 amide bonds. The average Bonchev–Trinajstić information content (AvgIpc) is 2.66. The molecule has 1 aromatic carbocycles. The van der Waals surface area contributed by atoms with Crippen LogP contribution in [0.2, 0.25) is 0 Å². The number of hydrogen-bond acceptors (Lipinski definition) is 9. The molecule has 3 N–H and O–H groups in total. The number of ketones is 1. The molecular formula is C21H31N4O8S-. The van der Waals surface area contributed by atoms with Crippen molar-refractivity contribution in [1.82, 2.24) is 15.1 Å². The molecule has 13 heteroatoms. The second-order valence-electron chi connectivity index (χ2n) is 8.47. The van der Waals surface area contributed by atoms with Gasteiger partial charge < -0.3 is 19.7 Å². The summed E-state index contributed by atoms with van der Waals surface area (Å²) in [5.74, 6) is -1.32. The minimum absolute atomic E-state index is 0.0362. The van der Waals surface area contributed by atoms with Crippen molar-refractivity contribution in [3.05, 3.63) is 29.8 Å². The monoisotopic (exact) mass is 499 g/mol. The fourth-order valence-corrected chi connectivity index (χ4v) is 3.16. The van der Waals surface area contributed by atoms with Crippen molar-refractivity contribution >= 4 is 40.8 Å². The van der Waals surface area contributed by atoms with E-state index in [9.17, 15) is 23.1 Å². The molecule has 0 aliphatic rings. The van der Waals surface area contributed by atoms with Gasteiger partial charge in [-0.15, -0.1) is 0 Å². The van der Waals surface area contributed by atoms with Gasteiger partial charge in [0, 0.05) is 42.0 Å². The zero-order valence-electron chi connectivity index (χ0n) is 19.7. The number of hydrogen-bond donors (Lipinski definition) is 3. The number of rotatable bonds is 13. The first-order chi connectivity index (χ1) is 15.7. The topological polar surface area (TPSA) is 176 Å². The number of anilines is 1. The van der Waals surface area contributed by atoms with Crippen LogP contribution in [0.5, 0.6) is 0 Å². The van der Waals surface area contributed by atoms with Gasteiger partial charge in [-0.1, -0.05) is 12.1 Å². The van der Waals surface area contributed by atoms with E-state index in [0.717, 1.165) is 5.56 Å². The predicted molar refractivity (Wildman–Crippen MR) is 122 cm³/mol. The number of carbonyl (C=O) groups excluding carboxylic acids is 4. The summed E-state index contributed by atoms with van der Waals surface area (Å²) in [6, 6.07) is 6.51. The summed E-state index contributed by atoms with van der Waals surface area (Å²) in [6.07, 6.45) is 0.442. The number of Topliss-reactive ketones (excluding diaryl/α,β-unsaturated/α-hetero) is 1. The van der Waals surface area contributed by atoms with E-state index in [4.69, 9.17) is 14.7 Å². The van der Waals surface area contributed by atoms with E-state index in [1.807, 2.05) is 20.8 Å². The number of nitrogens with zero attached hydrogens (tertiary/aromatic N) is 2. The molecule has 1 aromatic rings. The number of nitrogens with one attached hydrogen (secondary N) is 2. The number of likely N-dealkylation sites (N-methyl/N-ethyl adjacent to an activating group) is 1. The third kappa shape index (κ3) is 16.6. The molecule has 1 rings (SSSR count). The lowest BCUT2D eigenvalue weighted by atomic mass is 10.1. The van der Waals surface area contributed by atoms with Crippen LogP contribution in [0.4, 0.5) is 5.69 Å². The van der Waals surface area contributed by atoms with Crippen LogP contribution in [-0.4, -0.2) is 92.8 Å². The SMILES string of the molecule is CN(CCN(CC(=O)O)CC(=O)NC(C)(C)C)CC(=O)Cc1ccc(NS(=O)[O-])cc1.O=C=O. The van der Waals surface area contributed by atoms with E-state index in [1.165, 1.54) is 4.90 Å². The summed E-state index contributed by atoms with van der Waals surface area (Å²) < 4.78 is 23.5. The molecule has 0 aliphatic carbocycles. The third-order valence-corrected chi connectivity index (χ3v) is 4.44. The molecule has 1 unspecified atom stereocenters. The summed E-state index contributed by atoms with van der Waals surface area (Å²) in [4.78, 5) is 55.1. The zero-order chi connectivity index (χ0) is 26.3. The average molecular weight is 500 g/mol. The van der Waals surface area contributed by atoms with Crippen molar-refractivity contribution in [2.45, 2.75) is 32.7 Å². The highest BCUT2D eigenvalue weighted by atomic mass is 32.2. The molecule has 0 radical (unpaired) electrons. The van der Waals surface area contributed by atoms with Gasteiger partial charge in [-0.25, -0.2) is 0 Å². The molecule has 0 aromatic heterocycles. The van der Waals surface area contributed by atoms with Gasteiger partial charge in [-0.05, 0) is 45.5 Å². The van der Waals surface area contributed by atoms with Crippen LogP contribution in [-0.2, 0) is 41.7 Å². The molecule has 0 heterocycles. The highest BCUT2D eigenvalue weighted by molar-refractivity contribution is 7.80. The van der Waals surface area contributed by atoms with Crippen LogP contribution in [0.15, 0.2) is 24.3 Å². The smallest absolute Gasteiger partial charge is 0.373 e. The lowest BCUT2D eigenvalue weighted by molar-refractivity contribution is -0.191. The van der Waals surface area contributed by atoms with Crippen LogP contribution < -0.4 is 10.0 Å². The van der Waals surface area contributed by atoms with Crippen molar-refractivity contribution in [3.8, 4) is 0 Å². The van der Waals surface area contributed by atoms with Gasteiger partial charge in [0.15, 0.2) is 5.78 Å². The lowest BCUT2D eigenvalue weighted by Gasteiger charge is -2.26. The van der Waals surface area contributed by atoms with Crippen LogP contribution in [0.25, 0.3) is 0 Å². The maximum atomic E-state index is 12.3. The highest BCUT2D eigenvalue weighted by Gasteiger charge is 2.19. The number of aliphatic carboxylic acids is 1. The quantitative estimate of drug-likeness (QED) is 0.304. The highest BCUT2D eigenvalue weighted by Crippen LogP contribution is 2.11. The minimum atomic E-state index is -2.40. The number of carboxylic acids is 1. The number of carbonyl (C=O) groups is 3. The van der Waals surface area contributed by atoms with Crippen molar-refractivity contribution in [3.63, 3.8) is 0 Å². The normalized spacial score (nSPS) is 11.7. The summed E-state index contributed by atoms with van der Waals surface area (Å²) in [6.45, 7) is 6.13. The van der Waals surface area contributed by atoms with E-state index in [0.29, 0.717) is 18.8 Å². The number of amides is 1. The standard InChI is InChI=1S/C20H32N4O6S.CO2/c1-20(2,3)21-18(26)13-24(14-19(27)28)10-9-23(4)12-17(25)11-15-5-7-16(8-6-15)22-31(29)30;2-1-3/h5-8,22H,9-14H2,1-4H3,(H,21,26)(H,27,28)(H,29,30);/p-1. The second kappa shape index (κ2) is 15.8. The molecule has 0 bridgehead atoms. The fourth-order valence-electron chi connectivity index (χ4n) is 2.83. The van der Waals surface area contributed by atoms with Crippen molar-refractivity contribution in [2.24, 2.45) is 0 Å². The lowest BCUT2D eigenvalue weighted by Crippen LogP contribution is -2.48. The summed E-state index contributed by atoms with van der Waals surface area (Å²) in [7, 11) is 1.75. The minimum Gasteiger partial charge on any atom is -0.755 e. The van der Waals surface area contributed by atoms with E-state index in [2.05, 4.69) is 10.0 Å². The summed E-state index contributed by atoms with van der Waals surface area (Å²) in [5.41, 5.74) is 0.762. The first-order valence-corrected chi connectivity index (χ1v) is 11.2. The van der Waals surface area contributed by atoms with Gasteiger partial charge in [-0.3, -0.25) is 28.4 Å². The molecule has 0 saturated carbocycles. The Balaban J connectivity index is 0.00000343. The Kier molecular flexibility index (Phi) is 14.4. The van der Waals surface area contributed by atoms with E-state index >= 15 is 0 Å². The van der Waals surface area contributed by atoms with Crippen molar-refractivity contribution in [2.75, 3.05) is 44.5 Å². The maximum Gasteiger partial charge on any atom is 0.373 e. The fraction of sp³-hybridized carbons (Fsp3) is 0.524. The van der Waals surface area contributed by atoms with Gasteiger partial charge in [0.2, 0.25) is 5.91 Å². The Bertz CT molecular complexity index is 865. The Morgan fingerprint density at radius 1 is 1.06 bits per heavy atom. The Morgan fingerprint density at radius 2 is 1.62 bits per heavy atom. The first-order valence-electron chi connectivity index (χ1n) is 10.1. The van der Waals surface area contributed by atoms with E-state index in [1.54, 1.807) is 36.2 Å². The van der Waals surface area contributed by atoms with E-state index < -0.39 is 22.8 Å². The molecule has 0 saturated heterocycles. The van der Waals surface area contributed by atoms with Gasteiger partial charge in [0.1, 0.15) is 0 Å². The third-order valence-electron chi connectivity index (χ3n) is 4.04. The molecule has 12 nitrogen and oxygen atoms in total. The molecule has 0 spiro atoms. The Morgan fingerprint density at radius 3 is 2.09 bits per heavy atom. The van der Waals surface area contributed by atoms with Gasteiger partial charge >= 0.3 is 12.1 Å². The largest absolute Gasteiger partial charge is 0.755 e. The maximum absolute atomic E-state index is 12.3.